The minimum atomic E-state index is -4.54. The van der Waals surface area contributed by atoms with Crippen LogP contribution in [0.1, 0.15) is 0 Å². The van der Waals surface area contributed by atoms with Crippen LogP contribution in [0.25, 0.3) is 0 Å². The van der Waals surface area contributed by atoms with E-state index in [1.807, 2.05) is 0 Å². The van der Waals surface area contributed by atoms with Crippen LogP contribution < -0.4 is 0 Å². The van der Waals surface area contributed by atoms with E-state index in [0.29, 0.717) is 0 Å². The number of ether oxygens (including phenoxy) is 1. The second kappa shape index (κ2) is 4.64. The van der Waals surface area contributed by atoms with Crippen molar-refractivity contribution in [3.8, 4) is 0 Å². The molecule has 0 rings (SSSR count). The highest BCUT2D eigenvalue weighted by molar-refractivity contribution is 4.75. The quantitative estimate of drug-likeness (QED) is 0.661. The van der Waals surface area contributed by atoms with E-state index in [1.54, 1.807) is 0 Å². The summed E-state index contributed by atoms with van der Waals surface area (Å²) in [7, 11) is 1.05. The van der Waals surface area contributed by atoms with Crippen LogP contribution >= 0.6 is 0 Å². The Labute approximate surface area is 67.8 Å². The maximum absolute atomic E-state index is 12.0. The van der Waals surface area contributed by atoms with Gasteiger partial charge in [0.1, 0.15) is 5.92 Å². The minimum absolute atomic E-state index is 0.763. The molecule has 0 aliphatic rings. The van der Waals surface area contributed by atoms with Crippen molar-refractivity contribution >= 4 is 0 Å². The molecule has 0 saturated carbocycles. The molecule has 0 amide bonds. The largest absolute Gasteiger partial charge is 0.396 e. The summed E-state index contributed by atoms with van der Waals surface area (Å²) in [6, 6.07) is 0. The highest BCUT2D eigenvalue weighted by atomic mass is 19.4. The number of halogens is 3. The Balaban J connectivity index is 4.31. The number of aliphatic hydroxyl groups excluding tert-OH is 2. The number of aliphatic hydroxyl groups is 2. The zero-order valence-corrected chi connectivity index (χ0v) is 6.51. The van der Waals surface area contributed by atoms with Crippen LogP contribution in [0, 0.1) is 5.92 Å². The zero-order valence-electron chi connectivity index (χ0n) is 6.51. The first-order valence-corrected chi connectivity index (χ1v) is 3.28. The minimum Gasteiger partial charge on any atom is -0.396 e. The van der Waals surface area contributed by atoms with Gasteiger partial charge in [0, 0.05) is 7.11 Å². The van der Waals surface area contributed by atoms with E-state index in [1.165, 1.54) is 0 Å². The van der Waals surface area contributed by atoms with Crippen molar-refractivity contribution in [1.82, 2.24) is 0 Å². The Hall–Kier alpha value is -0.330. The third kappa shape index (κ3) is 2.96. The van der Waals surface area contributed by atoms with Gasteiger partial charge in [-0.1, -0.05) is 0 Å². The van der Waals surface area contributed by atoms with Crippen molar-refractivity contribution in [2.75, 3.05) is 20.3 Å². The molecule has 2 N–H and O–H groups in total. The first kappa shape index (κ1) is 11.7. The monoisotopic (exact) mass is 188 g/mol. The maximum atomic E-state index is 12.0. The van der Waals surface area contributed by atoms with E-state index in [-0.39, 0.29) is 0 Å². The molecule has 0 aromatic rings. The predicted octanol–water partition coefficient (Wildman–Crippen LogP) is 0.164. The van der Waals surface area contributed by atoms with Crippen molar-refractivity contribution < 1.29 is 28.1 Å². The van der Waals surface area contributed by atoms with Gasteiger partial charge in [0.05, 0.1) is 19.3 Å². The summed E-state index contributed by atoms with van der Waals surface area (Å²) >= 11 is 0. The normalized spacial score (nSPS) is 17.5. The van der Waals surface area contributed by atoms with Crippen LogP contribution in [0.3, 0.4) is 0 Å². The fourth-order valence-corrected chi connectivity index (χ4v) is 0.798. The molecule has 0 aliphatic carbocycles. The molecule has 0 bridgehead atoms. The maximum Gasteiger partial charge on any atom is 0.396 e. The molecule has 0 fully saturated rings. The summed E-state index contributed by atoms with van der Waals surface area (Å²) < 4.78 is 40.3. The molecule has 0 spiro atoms. The number of hydrogen-bond acceptors (Lipinski definition) is 3. The highest BCUT2D eigenvalue weighted by Crippen LogP contribution is 2.29. The molecule has 0 aromatic carbocycles. The molecule has 12 heavy (non-hydrogen) atoms. The summed E-state index contributed by atoms with van der Waals surface area (Å²) in [5.74, 6) is -2.02. The Morgan fingerprint density at radius 2 is 1.75 bits per heavy atom. The third-order valence-electron chi connectivity index (χ3n) is 1.55. The van der Waals surface area contributed by atoms with Gasteiger partial charge >= 0.3 is 6.18 Å². The van der Waals surface area contributed by atoms with Crippen LogP contribution in [0.5, 0.6) is 0 Å². The van der Waals surface area contributed by atoms with Crippen LogP contribution in [0.2, 0.25) is 0 Å². The van der Waals surface area contributed by atoms with E-state index in [2.05, 4.69) is 4.74 Å². The molecular weight excluding hydrogens is 177 g/mol. The van der Waals surface area contributed by atoms with Gasteiger partial charge in [0.25, 0.3) is 0 Å². The molecule has 74 valence electrons. The van der Waals surface area contributed by atoms with E-state index in [0.717, 1.165) is 7.11 Å². The Bertz CT molecular complexity index is 122. The summed E-state index contributed by atoms with van der Waals surface area (Å²) in [6.07, 6.45) is -5.94. The van der Waals surface area contributed by atoms with E-state index >= 15 is 0 Å². The van der Waals surface area contributed by atoms with Gasteiger partial charge in [-0.2, -0.15) is 13.2 Å². The summed E-state index contributed by atoms with van der Waals surface area (Å²) in [4.78, 5) is 0. The molecule has 0 unspecified atom stereocenters. The van der Waals surface area contributed by atoms with Crippen molar-refractivity contribution in [2.45, 2.75) is 12.3 Å². The van der Waals surface area contributed by atoms with E-state index < -0.39 is 31.4 Å². The smallest absolute Gasteiger partial charge is 0.396 e. The van der Waals surface area contributed by atoms with Crippen LogP contribution in [0.15, 0.2) is 0 Å². The number of rotatable bonds is 4. The molecule has 0 heterocycles. The van der Waals surface area contributed by atoms with Gasteiger partial charge in [0.2, 0.25) is 0 Å². The predicted molar refractivity (Wildman–Crippen MR) is 34.5 cm³/mol. The lowest BCUT2D eigenvalue weighted by Gasteiger charge is -2.24. The molecule has 0 saturated heterocycles. The van der Waals surface area contributed by atoms with Gasteiger partial charge in [0.15, 0.2) is 0 Å². The van der Waals surface area contributed by atoms with Crippen molar-refractivity contribution in [3.63, 3.8) is 0 Å². The number of hydrogen-bond donors (Lipinski definition) is 2. The summed E-state index contributed by atoms with van der Waals surface area (Å²) in [6.45, 7) is -1.84. The lowest BCUT2D eigenvalue weighted by molar-refractivity contribution is -0.217. The second-order valence-corrected chi connectivity index (χ2v) is 2.29. The SMILES string of the molecule is CO[C@H](CO)[C@H](CO)C(F)(F)F. The van der Waals surface area contributed by atoms with Crippen LogP contribution in [-0.4, -0.2) is 42.8 Å². The third-order valence-corrected chi connectivity index (χ3v) is 1.55. The molecule has 6 heteroatoms. The molecule has 0 aliphatic heterocycles. The molecule has 3 nitrogen and oxygen atoms in total. The van der Waals surface area contributed by atoms with Gasteiger partial charge in [-0.3, -0.25) is 0 Å². The van der Waals surface area contributed by atoms with Gasteiger partial charge < -0.3 is 14.9 Å². The lowest BCUT2D eigenvalue weighted by Crippen LogP contribution is -2.40. The van der Waals surface area contributed by atoms with E-state index in [9.17, 15) is 13.2 Å². The number of alkyl halides is 3. The highest BCUT2D eigenvalue weighted by Gasteiger charge is 2.44. The second-order valence-electron chi connectivity index (χ2n) is 2.29. The molecule has 0 radical (unpaired) electrons. The molecular formula is C6H11F3O3. The molecule has 0 aromatic heterocycles. The van der Waals surface area contributed by atoms with Gasteiger partial charge in [-0.15, -0.1) is 0 Å². The fourth-order valence-electron chi connectivity index (χ4n) is 0.798. The van der Waals surface area contributed by atoms with Crippen molar-refractivity contribution in [2.24, 2.45) is 5.92 Å². The zero-order chi connectivity index (χ0) is 9.78. The average Bonchev–Trinajstić information content (AvgIpc) is 1.97. The van der Waals surface area contributed by atoms with Crippen molar-refractivity contribution in [3.05, 3.63) is 0 Å². The van der Waals surface area contributed by atoms with Crippen molar-refractivity contribution in [1.29, 1.82) is 0 Å². The lowest BCUT2D eigenvalue weighted by atomic mass is 10.0. The van der Waals surface area contributed by atoms with Crippen LogP contribution in [0.4, 0.5) is 13.2 Å². The van der Waals surface area contributed by atoms with Gasteiger partial charge in [-0.25, -0.2) is 0 Å². The number of methoxy groups -OCH3 is 1. The topological polar surface area (TPSA) is 49.7 Å². The van der Waals surface area contributed by atoms with Crippen LogP contribution in [-0.2, 0) is 4.74 Å². The Morgan fingerprint density at radius 1 is 1.25 bits per heavy atom. The standard InChI is InChI=1S/C6H11F3O3/c1-12-5(3-11)4(2-10)6(7,8)9/h4-5,10-11H,2-3H2,1H3/t4-,5+/m0/s1. The summed E-state index contributed by atoms with van der Waals surface area (Å²) in [5.41, 5.74) is 0. The first-order valence-electron chi connectivity index (χ1n) is 3.28. The first-order chi connectivity index (χ1) is 5.47. The van der Waals surface area contributed by atoms with Gasteiger partial charge in [-0.05, 0) is 0 Å². The fraction of sp³-hybridized carbons (Fsp3) is 1.00. The molecule has 2 atom stereocenters. The summed E-state index contributed by atoms with van der Waals surface area (Å²) in [5, 5.41) is 16.8. The average molecular weight is 188 g/mol. The Kier molecular flexibility index (Phi) is 4.51. The van der Waals surface area contributed by atoms with E-state index in [4.69, 9.17) is 10.2 Å². The Morgan fingerprint density at radius 3 is 1.83 bits per heavy atom.